The highest BCUT2D eigenvalue weighted by Crippen LogP contribution is 2.32. The Morgan fingerprint density at radius 1 is 1.10 bits per heavy atom. The highest BCUT2D eigenvalue weighted by molar-refractivity contribution is 5.79. The fourth-order valence-electron chi connectivity index (χ4n) is 2.97. The summed E-state index contributed by atoms with van der Waals surface area (Å²) in [5, 5.41) is 2.65. The first kappa shape index (κ1) is 24.5. The van der Waals surface area contributed by atoms with Gasteiger partial charge in [-0.15, -0.1) is 0 Å². The molecule has 2 aromatic carbocycles. The summed E-state index contributed by atoms with van der Waals surface area (Å²) in [5.74, 6) is 0.395. The van der Waals surface area contributed by atoms with Crippen LogP contribution in [0.4, 0.5) is 18.9 Å². The smallest absolute Gasteiger partial charge is 0.362 e. The van der Waals surface area contributed by atoms with Crippen molar-refractivity contribution in [3.05, 3.63) is 78.0 Å². The lowest BCUT2D eigenvalue weighted by Crippen LogP contribution is -2.28. The molecule has 0 saturated carbocycles. The second-order valence-corrected chi connectivity index (χ2v) is 8.09. The Labute approximate surface area is 171 Å². The highest BCUT2D eigenvalue weighted by Gasteiger charge is 2.30. The summed E-state index contributed by atoms with van der Waals surface area (Å²) in [7, 11) is 0. The average molecular weight is 406 g/mol. The first-order chi connectivity index (χ1) is 13.4. The maximum absolute atomic E-state index is 12.3. The zero-order valence-electron chi connectivity index (χ0n) is 17.7. The summed E-state index contributed by atoms with van der Waals surface area (Å²) in [6.07, 6.45) is -2.10. The molecule has 0 heterocycles. The Balaban J connectivity index is 0.000000291. The summed E-state index contributed by atoms with van der Waals surface area (Å²) in [6.45, 7) is 13.2. The molecule has 1 N–H and O–H groups in total. The van der Waals surface area contributed by atoms with Crippen molar-refractivity contribution in [3.8, 4) is 0 Å². The fourth-order valence-corrected chi connectivity index (χ4v) is 2.97. The summed E-state index contributed by atoms with van der Waals surface area (Å²) in [4.78, 5) is 11.6. The molecule has 0 saturated heterocycles. The van der Waals surface area contributed by atoms with Gasteiger partial charge in [-0.2, -0.15) is 13.2 Å². The molecule has 0 aliphatic carbocycles. The maximum Gasteiger partial charge on any atom is 0.416 e. The van der Waals surface area contributed by atoms with Crippen molar-refractivity contribution in [2.45, 2.75) is 47.2 Å². The van der Waals surface area contributed by atoms with Gasteiger partial charge in [0.15, 0.2) is 0 Å². The van der Waals surface area contributed by atoms with Crippen LogP contribution in [-0.2, 0) is 17.4 Å². The molecule has 0 aliphatic heterocycles. The van der Waals surface area contributed by atoms with Crippen LogP contribution >= 0.6 is 0 Å². The maximum atomic E-state index is 12.3. The standard InChI is InChI=1S/C14H20O.C10H10F3N/c1-11(15)13(14(2,3)4)10-12-8-6-5-7-9-12;1-3-14-9-6-8(10(11,12)13)5-4-7(9)2/h5-9,13H,10H2,1-4H3;3-6,14H,1H2,2H3. The fraction of sp³-hybridized carbons (Fsp3) is 0.375. The van der Waals surface area contributed by atoms with Gasteiger partial charge in [0.25, 0.3) is 0 Å². The number of hydrogen-bond donors (Lipinski definition) is 1. The number of nitrogens with one attached hydrogen (secondary N) is 1. The minimum Gasteiger partial charge on any atom is -0.362 e. The van der Waals surface area contributed by atoms with Gasteiger partial charge >= 0.3 is 6.18 Å². The minimum atomic E-state index is -4.30. The van der Waals surface area contributed by atoms with Gasteiger partial charge in [-0.3, -0.25) is 4.79 Å². The van der Waals surface area contributed by atoms with Crippen molar-refractivity contribution in [2.75, 3.05) is 5.32 Å². The van der Waals surface area contributed by atoms with E-state index in [-0.39, 0.29) is 17.1 Å². The second kappa shape index (κ2) is 10.3. The zero-order chi connectivity index (χ0) is 22.2. The highest BCUT2D eigenvalue weighted by atomic mass is 19.4. The molecule has 0 aliphatic rings. The van der Waals surface area contributed by atoms with Crippen molar-refractivity contribution in [3.63, 3.8) is 0 Å². The normalized spacial score (nSPS) is 12.4. The molecule has 29 heavy (non-hydrogen) atoms. The molecular formula is C24H30F3NO. The van der Waals surface area contributed by atoms with Crippen LogP contribution in [0.5, 0.6) is 0 Å². The quantitative estimate of drug-likeness (QED) is 0.577. The molecule has 0 bridgehead atoms. The zero-order valence-corrected chi connectivity index (χ0v) is 17.7. The van der Waals surface area contributed by atoms with Gasteiger partial charge in [-0.1, -0.05) is 63.7 Å². The molecule has 0 amide bonds. The monoisotopic (exact) mass is 405 g/mol. The van der Waals surface area contributed by atoms with Crippen LogP contribution in [0.15, 0.2) is 61.3 Å². The molecule has 0 aromatic heterocycles. The van der Waals surface area contributed by atoms with Crippen LogP contribution in [0.2, 0.25) is 0 Å². The van der Waals surface area contributed by atoms with E-state index in [0.717, 1.165) is 24.1 Å². The van der Waals surface area contributed by atoms with Gasteiger partial charge in [-0.25, -0.2) is 0 Å². The van der Waals surface area contributed by atoms with E-state index in [2.05, 4.69) is 44.8 Å². The van der Waals surface area contributed by atoms with Gasteiger partial charge in [0.1, 0.15) is 5.78 Å². The Hall–Kier alpha value is -2.56. The van der Waals surface area contributed by atoms with Gasteiger partial charge < -0.3 is 5.32 Å². The van der Waals surface area contributed by atoms with Gasteiger partial charge in [-0.05, 0) is 55.1 Å². The van der Waals surface area contributed by atoms with E-state index in [1.807, 2.05) is 18.2 Å². The number of rotatable bonds is 5. The van der Waals surface area contributed by atoms with Gasteiger partial charge in [0.2, 0.25) is 0 Å². The SMILES string of the molecule is C=CNc1cc(C(F)(F)F)ccc1C.CC(=O)C(Cc1ccccc1)C(C)(C)C. The number of carbonyl (C=O) groups is 1. The number of ketones is 1. The van der Waals surface area contributed by atoms with Crippen molar-refractivity contribution in [1.82, 2.24) is 0 Å². The van der Waals surface area contributed by atoms with E-state index in [1.54, 1.807) is 13.8 Å². The minimum absolute atomic E-state index is 0.0433. The third-order valence-electron chi connectivity index (χ3n) is 4.64. The number of alkyl halides is 3. The first-order valence-electron chi connectivity index (χ1n) is 9.46. The summed E-state index contributed by atoms with van der Waals surface area (Å²) < 4.78 is 36.9. The summed E-state index contributed by atoms with van der Waals surface area (Å²) >= 11 is 0. The number of carbonyl (C=O) groups excluding carboxylic acids is 1. The van der Waals surface area contributed by atoms with Gasteiger partial charge in [0.05, 0.1) is 5.56 Å². The van der Waals surface area contributed by atoms with Crippen molar-refractivity contribution >= 4 is 11.5 Å². The summed E-state index contributed by atoms with van der Waals surface area (Å²) in [5.41, 5.74) is 1.80. The largest absolute Gasteiger partial charge is 0.416 e. The van der Waals surface area contributed by atoms with E-state index >= 15 is 0 Å². The second-order valence-electron chi connectivity index (χ2n) is 8.09. The summed E-state index contributed by atoms with van der Waals surface area (Å²) in [6, 6.07) is 13.8. The average Bonchev–Trinajstić information content (AvgIpc) is 2.61. The lowest BCUT2D eigenvalue weighted by Gasteiger charge is -2.28. The van der Waals surface area contributed by atoms with Crippen LogP contribution in [0.25, 0.3) is 0 Å². The Kier molecular flexibility index (Phi) is 8.68. The lowest BCUT2D eigenvalue weighted by atomic mass is 9.75. The van der Waals surface area contributed by atoms with E-state index in [0.29, 0.717) is 5.69 Å². The van der Waals surface area contributed by atoms with Crippen LogP contribution in [0, 0.1) is 18.3 Å². The molecule has 158 valence electrons. The third kappa shape index (κ3) is 8.14. The molecule has 0 fully saturated rings. The topological polar surface area (TPSA) is 29.1 Å². The van der Waals surface area contributed by atoms with E-state index < -0.39 is 11.7 Å². The number of Topliss-reactive ketones (excluding diaryl/α,β-unsaturated/α-hetero) is 1. The Bertz CT molecular complexity index is 805. The van der Waals surface area contributed by atoms with Crippen molar-refractivity contribution in [1.29, 1.82) is 0 Å². The number of anilines is 1. The Morgan fingerprint density at radius 2 is 1.69 bits per heavy atom. The first-order valence-corrected chi connectivity index (χ1v) is 9.46. The van der Waals surface area contributed by atoms with Crippen LogP contribution < -0.4 is 5.32 Å². The van der Waals surface area contributed by atoms with E-state index in [9.17, 15) is 18.0 Å². The molecular weight excluding hydrogens is 375 g/mol. The number of halogens is 3. The van der Waals surface area contributed by atoms with Crippen LogP contribution in [0.3, 0.4) is 0 Å². The Morgan fingerprint density at radius 3 is 2.14 bits per heavy atom. The van der Waals surface area contributed by atoms with Crippen molar-refractivity contribution < 1.29 is 18.0 Å². The molecule has 2 nitrogen and oxygen atoms in total. The molecule has 2 aromatic rings. The number of benzene rings is 2. The molecule has 1 unspecified atom stereocenters. The van der Waals surface area contributed by atoms with Crippen molar-refractivity contribution in [2.24, 2.45) is 11.3 Å². The molecule has 1 atom stereocenters. The van der Waals surface area contributed by atoms with Crippen LogP contribution in [-0.4, -0.2) is 5.78 Å². The number of aryl methyl sites for hydroxylation is 1. The van der Waals surface area contributed by atoms with Gasteiger partial charge in [0, 0.05) is 11.6 Å². The molecule has 2 rings (SSSR count). The third-order valence-corrected chi connectivity index (χ3v) is 4.64. The predicted molar refractivity (Wildman–Crippen MR) is 114 cm³/mol. The molecule has 0 radical (unpaired) electrons. The van der Waals surface area contributed by atoms with Crippen LogP contribution in [0.1, 0.15) is 44.4 Å². The molecule has 0 spiro atoms. The van der Waals surface area contributed by atoms with E-state index in [4.69, 9.17) is 0 Å². The number of hydrogen-bond acceptors (Lipinski definition) is 2. The molecule has 5 heteroatoms. The lowest BCUT2D eigenvalue weighted by molar-refractivity contribution is -0.137. The van der Waals surface area contributed by atoms with E-state index in [1.165, 1.54) is 17.8 Å². The predicted octanol–water partition coefficient (Wildman–Crippen LogP) is 7.05.